The number of amides is 2. The molecule has 18 heavy (non-hydrogen) atoms. The number of hydrogen-bond donors (Lipinski definition) is 2. The molecule has 0 atom stereocenters. The van der Waals surface area contributed by atoms with Crippen LogP contribution in [0.25, 0.3) is 0 Å². The van der Waals surface area contributed by atoms with Crippen LogP contribution in [-0.4, -0.2) is 41.1 Å². The monoisotopic (exact) mass is 256 g/mol. The number of urea groups is 1. The number of rotatable bonds is 7. The molecule has 0 aliphatic heterocycles. The number of nitrogens with one attached hydrogen (secondary N) is 1. The van der Waals surface area contributed by atoms with Crippen LogP contribution in [0.4, 0.5) is 4.79 Å². The van der Waals surface area contributed by atoms with Crippen molar-refractivity contribution >= 4 is 12.0 Å². The minimum atomic E-state index is -0.921. The quantitative estimate of drug-likeness (QED) is 0.732. The van der Waals surface area contributed by atoms with Crippen molar-refractivity contribution in [2.45, 2.75) is 52.5 Å². The van der Waals surface area contributed by atoms with Gasteiger partial charge in [-0.1, -0.05) is 13.3 Å². The van der Waals surface area contributed by atoms with Crippen LogP contribution in [0.1, 0.15) is 46.5 Å². The smallest absolute Gasteiger partial charge is 0.317 e. The van der Waals surface area contributed by atoms with Crippen molar-refractivity contribution in [1.82, 2.24) is 10.2 Å². The van der Waals surface area contributed by atoms with E-state index in [9.17, 15) is 9.59 Å². The molecule has 5 nitrogen and oxygen atoms in total. The molecule has 1 aliphatic rings. The molecule has 1 saturated carbocycles. The van der Waals surface area contributed by atoms with Gasteiger partial charge in [0, 0.05) is 19.1 Å². The number of nitrogens with zero attached hydrogens (tertiary/aromatic N) is 1. The van der Waals surface area contributed by atoms with Gasteiger partial charge in [0.05, 0.1) is 5.41 Å². The van der Waals surface area contributed by atoms with Crippen LogP contribution in [0, 0.1) is 5.41 Å². The highest BCUT2D eigenvalue weighted by Gasteiger charge is 2.34. The maximum atomic E-state index is 12.0. The van der Waals surface area contributed by atoms with Gasteiger partial charge in [0.25, 0.3) is 0 Å². The van der Waals surface area contributed by atoms with Gasteiger partial charge in [-0.05, 0) is 33.1 Å². The Balaban J connectivity index is 2.44. The zero-order valence-electron chi connectivity index (χ0n) is 11.5. The van der Waals surface area contributed by atoms with Crippen molar-refractivity contribution in [1.29, 1.82) is 0 Å². The van der Waals surface area contributed by atoms with Crippen LogP contribution < -0.4 is 5.32 Å². The second-order valence-electron chi connectivity index (χ2n) is 5.63. The van der Waals surface area contributed by atoms with Gasteiger partial charge in [0.2, 0.25) is 0 Å². The predicted octanol–water partition coefficient (Wildman–Crippen LogP) is 2.07. The lowest BCUT2D eigenvalue weighted by Gasteiger charge is -2.25. The van der Waals surface area contributed by atoms with Crippen LogP contribution in [0.2, 0.25) is 0 Å². The van der Waals surface area contributed by atoms with Crippen molar-refractivity contribution < 1.29 is 14.7 Å². The predicted molar refractivity (Wildman–Crippen MR) is 69.5 cm³/mol. The van der Waals surface area contributed by atoms with E-state index in [1.807, 2.05) is 4.90 Å². The van der Waals surface area contributed by atoms with E-state index in [4.69, 9.17) is 5.11 Å². The lowest BCUT2D eigenvalue weighted by Crippen LogP contribution is -2.46. The Bertz CT molecular complexity index is 311. The highest BCUT2D eigenvalue weighted by molar-refractivity contribution is 5.78. The van der Waals surface area contributed by atoms with Gasteiger partial charge in [-0.2, -0.15) is 0 Å². The summed E-state index contributed by atoms with van der Waals surface area (Å²) in [5.41, 5.74) is -0.921. The Morgan fingerprint density at radius 2 is 2.00 bits per heavy atom. The highest BCUT2D eigenvalue weighted by atomic mass is 16.4. The third kappa shape index (κ3) is 4.20. The molecule has 5 heteroatoms. The molecule has 1 aliphatic carbocycles. The molecular formula is C13H24N2O3. The van der Waals surface area contributed by atoms with E-state index in [-0.39, 0.29) is 12.6 Å². The number of carbonyl (C=O) groups is 2. The summed E-state index contributed by atoms with van der Waals surface area (Å²) in [4.78, 5) is 24.8. The van der Waals surface area contributed by atoms with E-state index < -0.39 is 11.4 Å². The Hall–Kier alpha value is -1.26. The van der Waals surface area contributed by atoms with Crippen LogP contribution in [0.5, 0.6) is 0 Å². The first-order chi connectivity index (χ1) is 8.38. The van der Waals surface area contributed by atoms with Crippen molar-refractivity contribution in [3.63, 3.8) is 0 Å². The molecule has 1 fully saturated rings. The first-order valence-electron chi connectivity index (χ1n) is 6.66. The summed E-state index contributed by atoms with van der Waals surface area (Å²) in [6.07, 6.45) is 4.18. The van der Waals surface area contributed by atoms with Gasteiger partial charge in [-0.3, -0.25) is 4.79 Å². The van der Waals surface area contributed by atoms with Crippen LogP contribution in [0.3, 0.4) is 0 Å². The Labute approximate surface area is 109 Å². The van der Waals surface area contributed by atoms with Crippen LogP contribution >= 0.6 is 0 Å². The van der Waals surface area contributed by atoms with Crippen molar-refractivity contribution in [2.24, 2.45) is 5.41 Å². The van der Waals surface area contributed by atoms with Gasteiger partial charge in [-0.15, -0.1) is 0 Å². The molecule has 0 unspecified atom stereocenters. The number of carbonyl (C=O) groups excluding carboxylic acids is 1. The number of unbranched alkanes of at least 4 members (excludes halogenated alkanes) is 1. The molecule has 0 radical (unpaired) electrons. The molecule has 0 aromatic heterocycles. The summed E-state index contributed by atoms with van der Waals surface area (Å²) in [6, 6.07) is 0.241. The first kappa shape index (κ1) is 14.8. The lowest BCUT2D eigenvalue weighted by atomic mass is 9.94. The average Bonchev–Trinajstić information content (AvgIpc) is 3.11. The number of aliphatic carboxylic acids is 1. The van der Waals surface area contributed by atoms with Crippen molar-refractivity contribution in [2.75, 3.05) is 13.1 Å². The molecule has 0 spiro atoms. The van der Waals surface area contributed by atoms with Gasteiger partial charge < -0.3 is 15.3 Å². The molecule has 0 heterocycles. The van der Waals surface area contributed by atoms with E-state index in [2.05, 4.69) is 12.2 Å². The minimum Gasteiger partial charge on any atom is -0.481 e. The topological polar surface area (TPSA) is 69.6 Å². The zero-order chi connectivity index (χ0) is 13.8. The molecule has 0 aromatic rings. The van der Waals surface area contributed by atoms with Crippen molar-refractivity contribution in [3.05, 3.63) is 0 Å². The molecule has 1 rings (SSSR count). The lowest BCUT2D eigenvalue weighted by molar-refractivity contribution is -0.146. The second kappa shape index (κ2) is 6.07. The highest BCUT2D eigenvalue weighted by Crippen LogP contribution is 2.27. The fraction of sp³-hybridized carbons (Fsp3) is 0.846. The fourth-order valence-corrected chi connectivity index (χ4v) is 1.64. The van der Waals surface area contributed by atoms with Gasteiger partial charge in [-0.25, -0.2) is 4.79 Å². The number of carboxylic acid groups (broad SMARTS) is 1. The van der Waals surface area contributed by atoms with Crippen LogP contribution in [-0.2, 0) is 4.79 Å². The van der Waals surface area contributed by atoms with Gasteiger partial charge >= 0.3 is 12.0 Å². The van der Waals surface area contributed by atoms with Gasteiger partial charge in [0.15, 0.2) is 0 Å². The minimum absolute atomic E-state index is 0.125. The standard InChI is InChI=1S/C13H24N2O3/c1-4-5-8-15(10-6-7-10)12(18)14-9-13(2,3)11(16)17/h10H,4-9H2,1-3H3,(H,14,18)(H,16,17). The van der Waals surface area contributed by atoms with E-state index in [0.29, 0.717) is 6.04 Å². The molecule has 0 bridgehead atoms. The summed E-state index contributed by atoms with van der Waals surface area (Å²) in [5.74, 6) is -0.894. The maximum Gasteiger partial charge on any atom is 0.317 e. The SMILES string of the molecule is CCCCN(C(=O)NCC(C)(C)C(=O)O)C1CC1. The summed E-state index contributed by atoms with van der Waals surface area (Å²) in [6.45, 7) is 6.25. The molecule has 2 amide bonds. The summed E-state index contributed by atoms with van der Waals surface area (Å²) >= 11 is 0. The summed E-state index contributed by atoms with van der Waals surface area (Å²) in [5, 5.41) is 11.7. The Morgan fingerprint density at radius 3 is 2.44 bits per heavy atom. The maximum absolute atomic E-state index is 12.0. The molecule has 0 saturated heterocycles. The van der Waals surface area contributed by atoms with Crippen LogP contribution in [0.15, 0.2) is 0 Å². The zero-order valence-corrected chi connectivity index (χ0v) is 11.5. The van der Waals surface area contributed by atoms with E-state index in [1.165, 1.54) is 0 Å². The van der Waals surface area contributed by atoms with Gasteiger partial charge in [0.1, 0.15) is 0 Å². The molecule has 0 aromatic carbocycles. The van der Waals surface area contributed by atoms with Crippen molar-refractivity contribution in [3.8, 4) is 0 Å². The third-order valence-electron chi connectivity index (χ3n) is 3.26. The second-order valence-corrected chi connectivity index (χ2v) is 5.63. The first-order valence-corrected chi connectivity index (χ1v) is 6.66. The largest absolute Gasteiger partial charge is 0.481 e. The van der Waals surface area contributed by atoms with E-state index in [0.717, 1.165) is 32.2 Å². The Kier molecular flexibility index (Phi) is 4.99. The Morgan fingerprint density at radius 1 is 1.39 bits per heavy atom. The summed E-state index contributed by atoms with van der Waals surface area (Å²) in [7, 11) is 0. The third-order valence-corrected chi connectivity index (χ3v) is 3.26. The fourth-order valence-electron chi connectivity index (χ4n) is 1.64. The molecule has 104 valence electrons. The number of hydrogen-bond acceptors (Lipinski definition) is 2. The number of carboxylic acids is 1. The molecule has 2 N–H and O–H groups in total. The summed E-state index contributed by atoms with van der Waals surface area (Å²) < 4.78 is 0. The van der Waals surface area contributed by atoms with E-state index in [1.54, 1.807) is 13.8 Å². The van der Waals surface area contributed by atoms with E-state index >= 15 is 0 Å². The average molecular weight is 256 g/mol. The normalized spacial score (nSPS) is 15.3. The molecular weight excluding hydrogens is 232 g/mol.